The summed E-state index contributed by atoms with van der Waals surface area (Å²) in [5.74, 6) is -0.268. The molecule has 0 unspecified atom stereocenters. The molecule has 31 heavy (non-hydrogen) atoms. The molecule has 5 nitrogen and oxygen atoms in total. The molecule has 0 aliphatic heterocycles. The van der Waals surface area contributed by atoms with E-state index in [0.717, 1.165) is 16.7 Å². The van der Waals surface area contributed by atoms with E-state index >= 15 is 0 Å². The van der Waals surface area contributed by atoms with Gasteiger partial charge in [-0.2, -0.15) is 0 Å². The molecule has 1 aromatic heterocycles. The molecule has 1 heterocycles. The summed E-state index contributed by atoms with van der Waals surface area (Å²) in [5.41, 5.74) is 2.82. The first-order valence-corrected chi connectivity index (χ1v) is 10.7. The minimum Gasteiger partial charge on any atom is -0.350 e. The average Bonchev–Trinajstić information content (AvgIpc) is 2.82. The average molecular weight is 436 g/mol. The number of halogens is 1. The maximum atomic E-state index is 13.3. The van der Waals surface area contributed by atoms with Crippen molar-refractivity contribution >= 4 is 23.4 Å². The summed E-state index contributed by atoms with van der Waals surface area (Å²) in [4.78, 5) is 31.9. The van der Waals surface area contributed by atoms with Crippen LogP contribution in [0.3, 0.4) is 0 Å². The molecule has 160 valence electrons. The molecule has 0 bridgehead atoms. The molecule has 0 spiro atoms. The number of rotatable bonds is 9. The van der Waals surface area contributed by atoms with Crippen molar-refractivity contribution in [2.75, 3.05) is 0 Å². The number of nitrogens with zero attached hydrogens (tertiary/aromatic N) is 2. The number of hydrogen-bond donors (Lipinski definition) is 1. The Labute approximate surface area is 188 Å². The zero-order valence-electron chi connectivity index (χ0n) is 17.5. The van der Waals surface area contributed by atoms with Crippen molar-refractivity contribution in [1.29, 1.82) is 0 Å². The van der Waals surface area contributed by atoms with Crippen molar-refractivity contribution in [2.24, 2.45) is 0 Å². The van der Waals surface area contributed by atoms with Crippen LogP contribution in [-0.2, 0) is 29.1 Å². The van der Waals surface area contributed by atoms with Gasteiger partial charge in [-0.1, -0.05) is 67.1 Å². The summed E-state index contributed by atoms with van der Waals surface area (Å²) in [7, 11) is 0. The highest BCUT2D eigenvalue weighted by atomic mass is 35.5. The number of hydrogen-bond acceptors (Lipinski definition) is 3. The third-order valence-corrected chi connectivity index (χ3v) is 5.28. The quantitative estimate of drug-likeness (QED) is 0.541. The van der Waals surface area contributed by atoms with Gasteiger partial charge in [0.2, 0.25) is 11.8 Å². The zero-order chi connectivity index (χ0) is 22.1. The normalized spacial score (nSPS) is 11.5. The lowest BCUT2D eigenvalue weighted by atomic mass is 10.0. The molecule has 0 saturated carbocycles. The second-order valence-electron chi connectivity index (χ2n) is 7.29. The number of carbonyl (C=O) groups is 2. The predicted molar refractivity (Wildman–Crippen MR) is 122 cm³/mol. The fourth-order valence-corrected chi connectivity index (χ4v) is 3.48. The maximum Gasteiger partial charge on any atom is 0.243 e. The largest absolute Gasteiger partial charge is 0.350 e. The molecule has 0 aliphatic carbocycles. The first-order valence-electron chi connectivity index (χ1n) is 10.3. The van der Waals surface area contributed by atoms with E-state index in [9.17, 15) is 9.59 Å². The minimum atomic E-state index is -0.637. The fourth-order valence-electron chi connectivity index (χ4n) is 3.35. The van der Waals surface area contributed by atoms with Crippen molar-refractivity contribution in [3.8, 4) is 0 Å². The van der Waals surface area contributed by atoms with Crippen LogP contribution in [-0.4, -0.2) is 27.7 Å². The lowest BCUT2D eigenvalue weighted by Crippen LogP contribution is -2.50. The van der Waals surface area contributed by atoms with Crippen LogP contribution in [0.5, 0.6) is 0 Å². The SMILES string of the molecule is CCC(=O)N(Cc1ccc(Cl)cc1)[C@@H](Cc1ccccc1)C(=O)NCc1cccnc1. The van der Waals surface area contributed by atoms with Gasteiger partial charge in [-0.3, -0.25) is 14.6 Å². The van der Waals surface area contributed by atoms with Crippen LogP contribution in [0, 0.1) is 0 Å². The van der Waals surface area contributed by atoms with Crippen LogP contribution in [0.25, 0.3) is 0 Å². The standard InChI is InChI=1S/C25H26ClN3O2/c1-2-24(30)29(18-20-10-12-22(26)13-11-20)23(15-19-7-4-3-5-8-19)25(31)28-17-21-9-6-14-27-16-21/h3-14,16,23H,2,15,17-18H2,1H3,(H,28,31)/t23-/m0/s1. The highest BCUT2D eigenvalue weighted by molar-refractivity contribution is 6.30. The molecular weight excluding hydrogens is 410 g/mol. The molecule has 0 radical (unpaired) electrons. The number of benzene rings is 2. The summed E-state index contributed by atoms with van der Waals surface area (Å²) in [6.07, 6.45) is 4.15. The van der Waals surface area contributed by atoms with Crippen molar-refractivity contribution in [1.82, 2.24) is 15.2 Å². The number of carbonyl (C=O) groups excluding carboxylic acids is 2. The van der Waals surface area contributed by atoms with Crippen LogP contribution < -0.4 is 5.32 Å². The van der Waals surface area contributed by atoms with Gasteiger partial charge in [0, 0.05) is 43.3 Å². The molecule has 1 atom stereocenters. The van der Waals surface area contributed by atoms with E-state index in [1.54, 1.807) is 29.4 Å². The van der Waals surface area contributed by atoms with Gasteiger partial charge in [-0.05, 0) is 34.9 Å². The Bertz CT molecular complexity index is 979. The highest BCUT2D eigenvalue weighted by Gasteiger charge is 2.29. The van der Waals surface area contributed by atoms with Gasteiger partial charge in [0.05, 0.1) is 0 Å². The third-order valence-electron chi connectivity index (χ3n) is 5.03. The van der Waals surface area contributed by atoms with Gasteiger partial charge in [-0.25, -0.2) is 0 Å². The molecule has 2 aromatic carbocycles. The highest BCUT2D eigenvalue weighted by Crippen LogP contribution is 2.17. The Hall–Kier alpha value is -3.18. The van der Waals surface area contributed by atoms with Gasteiger partial charge in [0.15, 0.2) is 0 Å². The van der Waals surface area contributed by atoms with Gasteiger partial charge < -0.3 is 10.2 Å². The van der Waals surface area contributed by atoms with Crippen molar-refractivity contribution < 1.29 is 9.59 Å². The summed E-state index contributed by atoms with van der Waals surface area (Å²) in [5, 5.41) is 3.61. The molecule has 0 fully saturated rings. The topological polar surface area (TPSA) is 62.3 Å². The summed E-state index contributed by atoms with van der Waals surface area (Å²) in [6.45, 7) is 2.50. The third kappa shape index (κ3) is 6.66. The van der Waals surface area contributed by atoms with Gasteiger partial charge in [-0.15, -0.1) is 0 Å². The summed E-state index contributed by atoms with van der Waals surface area (Å²) in [6, 6.07) is 20.2. The Morgan fingerprint density at radius 1 is 0.968 bits per heavy atom. The Kier molecular flexibility index (Phi) is 8.19. The molecular formula is C25H26ClN3O2. The van der Waals surface area contributed by atoms with Crippen LogP contribution in [0.2, 0.25) is 5.02 Å². The molecule has 2 amide bonds. The second-order valence-corrected chi connectivity index (χ2v) is 7.72. The fraction of sp³-hybridized carbons (Fsp3) is 0.240. The molecule has 0 aliphatic rings. The lowest BCUT2D eigenvalue weighted by Gasteiger charge is -2.31. The van der Waals surface area contributed by atoms with Crippen molar-refractivity contribution in [3.63, 3.8) is 0 Å². The minimum absolute atomic E-state index is 0.0765. The lowest BCUT2D eigenvalue weighted by molar-refractivity contribution is -0.141. The van der Waals surface area contributed by atoms with E-state index in [1.807, 2.05) is 61.5 Å². The number of nitrogens with one attached hydrogen (secondary N) is 1. The Morgan fingerprint density at radius 2 is 1.68 bits per heavy atom. The number of amides is 2. The van der Waals surface area contributed by atoms with Crippen LogP contribution in [0.1, 0.15) is 30.0 Å². The summed E-state index contributed by atoms with van der Waals surface area (Å²) >= 11 is 6.01. The molecule has 6 heteroatoms. The van der Waals surface area contributed by atoms with Gasteiger partial charge >= 0.3 is 0 Å². The van der Waals surface area contributed by atoms with E-state index in [4.69, 9.17) is 11.6 Å². The van der Waals surface area contributed by atoms with Gasteiger partial charge in [0.25, 0.3) is 0 Å². The van der Waals surface area contributed by atoms with Crippen molar-refractivity contribution in [3.05, 3.63) is 101 Å². The Balaban J connectivity index is 1.85. The zero-order valence-corrected chi connectivity index (χ0v) is 18.3. The molecule has 3 rings (SSSR count). The van der Waals surface area contributed by atoms with Gasteiger partial charge in [0.1, 0.15) is 6.04 Å². The van der Waals surface area contributed by atoms with E-state index in [1.165, 1.54) is 0 Å². The first-order chi connectivity index (χ1) is 15.1. The monoisotopic (exact) mass is 435 g/mol. The molecule has 1 N–H and O–H groups in total. The summed E-state index contributed by atoms with van der Waals surface area (Å²) < 4.78 is 0. The molecule has 3 aromatic rings. The number of pyridine rings is 1. The predicted octanol–water partition coefficient (Wildman–Crippen LogP) is 4.40. The second kappa shape index (κ2) is 11.3. The Morgan fingerprint density at radius 3 is 2.32 bits per heavy atom. The van der Waals surface area contributed by atoms with Crippen molar-refractivity contribution in [2.45, 2.75) is 38.9 Å². The van der Waals surface area contributed by atoms with E-state index in [-0.39, 0.29) is 11.8 Å². The van der Waals surface area contributed by atoms with Crippen LogP contribution in [0.15, 0.2) is 79.1 Å². The molecule has 0 saturated heterocycles. The van der Waals surface area contributed by atoms with Crippen LogP contribution >= 0.6 is 11.6 Å². The number of aromatic nitrogens is 1. The first kappa shape index (κ1) is 22.5. The maximum absolute atomic E-state index is 13.3. The van der Waals surface area contributed by atoms with E-state index in [2.05, 4.69) is 10.3 Å². The smallest absolute Gasteiger partial charge is 0.243 e. The van der Waals surface area contributed by atoms with E-state index in [0.29, 0.717) is 31.0 Å². The van der Waals surface area contributed by atoms with E-state index < -0.39 is 6.04 Å². The van der Waals surface area contributed by atoms with Crippen LogP contribution in [0.4, 0.5) is 0 Å².